The maximum Gasteiger partial charge on any atom is 0.332 e. The first-order valence-electron chi connectivity index (χ1n) is 8.79. The normalized spacial score (nSPS) is 13.6. The number of hydrogen-bond donors (Lipinski definition) is 2. The zero-order valence-corrected chi connectivity index (χ0v) is 14.9. The molecule has 0 aromatic heterocycles. The summed E-state index contributed by atoms with van der Waals surface area (Å²) in [4.78, 5) is 23.5. The molecule has 1 aliphatic rings. The van der Waals surface area contributed by atoms with Crippen LogP contribution in [0.5, 0.6) is 5.75 Å². The van der Waals surface area contributed by atoms with Gasteiger partial charge in [0.25, 0.3) is 5.91 Å². The summed E-state index contributed by atoms with van der Waals surface area (Å²) in [6, 6.07) is 11.8. The van der Waals surface area contributed by atoms with Gasteiger partial charge in [-0.25, -0.2) is 9.18 Å². The number of nitrogens with one attached hydrogen (secondary N) is 1. The Morgan fingerprint density at radius 1 is 1.11 bits per heavy atom. The maximum absolute atomic E-state index is 14.5. The van der Waals surface area contributed by atoms with Crippen molar-refractivity contribution in [3.8, 4) is 16.9 Å². The number of benzene rings is 2. The van der Waals surface area contributed by atoms with Crippen LogP contribution in [0.3, 0.4) is 0 Å². The van der Waals surface area contributed by atoms with Crippen LogP contribution in [0.15, 0.2) is 53.6 Å². The van der Waals surface area contributed by atoms with Gasteiger partial charge < -0.3 is 15.2 Å². The van der Waals surface area contributed by atoms with Crippen molar-refractivity contribution in [2.24, 2.45) is 0 Å². The first-order valence-corrected chi connectivity index (χ1v) is 8.79. The average molecular weight is 369 g/mol. The molecule has 0 unspecified atom stereocenters. The van der Waals surface area contributed by atoms with Crippen molar-refractivity contribution in [2.75, 3.05) is 11.9 Å². The smallest absolute Gasteiger partial charge is 0.332 e. The van der Waals surface area contributed by atoms with Gasteiger partial charge in [-0.1, -0.05) is 18.2 Å². The Labute approximate surface area is 156 Å². The van der Waals surface area contributed by atoms with E-state index in [9.17, 15) is 14.0 Å². The molecule has 140 valence electrons. The highest BCUT2D eigenvalue weighted by atomic mass is 19.1. The minimum atomic E-state index is -1.09. The van der Waals surface area contributed by atoms with Crippen molar-refractivity contribution in [1.29, 1.82) is 0 Å². The summed E-state index contributed by atoms with van der Waals surface area (Å²) in [7, 11) is 0. The molecule has 6 heteroatoms. The van der Waals surface area contributed by atoms with E-state index in [0.717, 1.165) is 5.56 Å². The fraction of sp³-hybridized carbons (Fsp3) is 0.238. The maximum atomic E-state index is 14.5. The summed E-state index contributed by atoms with van der Waals surface area (Å²) in [6.45, 7) is 2.43. The Morgan fingerprint density at radius 3 is 2.56 bits per heavy atom. The molecule has 0 atom stereocenters. The van der Waals surface area contributed by atoms with Crippen molar-refractivity contribution in [2.45, 2.75) is 26.2 Å². The molecule has 0 fully saturated rings. The van der Waals surface area contributed by atoms with Gasteiger partial charge in [-0.05, 0) is 61.6 Å². The molecule has 0 bridgehead atoms. The molecule has 1 aliphatic carbocycles. The second-order valence-corrected chi connectivity index (χ2v) is 6.23. The van der Waals surface area contributed by atoms with Crippen LogP contribution in [0.25, 0.3) is 11.1 Å². The van der Waals surface area contributed by atoms with Crippen LogP contribution in [-0.2, 0) is 9.59 Å². The highest BCUT2D eigenvalue weighted by Gasteiger charge is 2.25. The molecule has 0 radical (unpaired) electrons. The Bertz CT molecular complexity index is 920. The molecular weight excluding hydrogens is 349 g/mol. The zero-order valence-electron chi connectivity index (χ0n) is 14.9. The lowest BCUT2D eigenvalue weighted by molar-refractivity contribution is -0.133. The lowest BCUT2D eigenvalue weighted by Crippen LogP contribution is -2.17. The number of amides is 1. The van der Waals surface area contributed by atoms with Gasteiger partial charge in [-0.15, -0.1) is 0 Å². The molecule has 27 heavy (non-hydrogen) atoms. The van der Waals surface area contributed by atoms with Crippen LogP contribution in [0.1, 0.15) is 26.2 Å². The number of anilines is 1. The number of halogens is 1. The molecule has 0 heterocycles. The molecule has 0 spiro atoms. The summed E-state index contributed by atoms with van der Waals surface area (Å²) in [5, 5.41) is 11.6. The van der Waals surface area contributed by atoms with Crippen LogP contribution in [-0.4, -0.2) is 23.6 Å². The van der Waals surface area contributed by atoms with Crippen LogP contribution in [0.4, 0.5) is 10.1 Å². The largest absolute Gasteiger partial charge is 0.494 e. The van der Waals surface area contributed by atoms with Gasteiger partial charge in [0.2, 0.25) is 0 Å². The second-order valence-electron chi connectivity index (χ2n) is 6.23. The molecule has 2 aromatic carbocycles. The fourth-order valence-electron chi connectivity index (χ4n) is 3.16. The SMILES string of the molecule is CCOc1cccc(-c2ccc(NC(=O)C3=C(C(=O)O)CCC3)c(F)c2)c1. The number of rotatable bonds is 6. The summed E-state index contributed by atoms with van der Waals surface area (Å²) in [5.41, 5.74) is 1.80. The van der Waals surface area contributed by atoms with Crippen LogP contribution < -0.4 is 10.1 Å². The van der Waals surface area contributed by atoms with E-state index >= 15 is 0 Å². The monoisotopic (exact) mass is 369 g/mol. The van der Waals surface area contributed by atoms with E-state index in [-0.39, 0.29) is 16.8 Å². The number of aliphatic carboxylic acids is 1. The Hall–Kier alpha value is -3.15. The molecule has 0 aliphatic heterocycles. The van der Waals surface area contributed by atoms with E-state index in [1.807, 2.05) is 31.2 Å². The third-order valence-corrected chi connectivity index (χ3v) is 4.45. The fourth-order valence-corrected chi connectivity index (χ4v) is 3.16. The van der Waals surface area contributed by atoms with Crippen LogP contribution in [0, 0.1) is 5.82 Å². The summed E-state index contributed by atoms with van der Waals surface area (Å²) in [6.07, 6.45) is 1.36. The topological polar surface area (TPSA) is 75.6 Å². The van der Waals surface area contributed by atoms with Gasteiger partial charge in [-0.2, -0.15) is 0 Å². The Morgan fingerprint density at radius 2 is 1.85 bits per heavy atom. The molecule has 3 rings (SSSR count). The van der Waals surface area contributed by atoms with Gasteiger partial charge in [0.05, 0.1) is 12.3 Å². The van der Waals surface area contributed by atoms with Gasteiger partial charge >= 0.3 is 5.97 Å². The van der Waals surface area contributed by atoms with Crippen molar-refractivity contribution in [3.63, 3.8) is 0 Å². The highest BCUT2D eigenvalue weighted by molar-refractivity contribution is 6.09. The van der Waals surface area contributed by atoms with Gasteiger partial charge in [0.1, 0.15) is 11.6 Å². The molecular formula is C21H20FNO4. The highest BCUT2D eigenvalue weighted by Crippen LogP contribution is 2.30. The molecule has 0 saturated heterocycles. The van der Waals surface area contributed by atoms with Gasteiger partial charge in [0.15, 0.2) is 0 Å². The van der Waals surface area contributed by atoms with Crippen molar-refractivity contribution < 1.29 is 23.8 Å². The minimum absolute atomic E-state index is 0.0221. The van der Waals surface area contributed by atoms with E-state index in [1.54, 1.807) is 6.07 Å². The second kappa shape index (κ2) is 8.03. The van der Waals surface area contributed by atoms with Crippen LogP contribution >= 0.6 is 0 Å². The Balaban J connectivity index is 1.81. The molecule has 5 nitrogen and oxygen atoms in total. The van der Waals surface area contributed by atoms with E-state index in [1.165, 1.54) is 12.1 Å². The standard InChI is InChI=1S/C21H20FNO4/c1-2-27-15-6-3-5-13(11-15)14-9-10-19(18(22)12-14)23-20(24)16-7-4-8-17(16)21(25)26/h3,5-6,9-12H,2,4,7-8H2,1H3,(H,23,24)(H,25,26). The number of carboxylic acid groups (broad SMARTS) is 1. The van der Waals surface area contributed by atoms with Crippen molar-refractivity contribution in [1.82, 2.24) is 0 Å². The molecule has 2 N–H and O–H groups in total. The predicted octanol–water partition coefficient (Wildman–Crippen LogP) is 4.40. The molecule has 1 amide bonds. The number of ether oxygens (including phenoxy) is 1. The van der Waals surface area contributed by atoms with E-state index in [4.69, 9.17) is 9.84 Å². The molecule has 0 saturated carbocycles. The van der Waals surface area contributed by atoms with Crippen molar-refractivity contribution in [3.05, 3.63) is 59.4 Å². The number of carbonyl (C=O) groups is 2. The zero-order chi connectivity index (χ0) is 19.4. The quantitative estimate of drug-likeness (QED) is 0.792. The predicted molar refractivity (Wildman–Crippen MR) is 100 cm³/mol. The first-order chi connectivity index (χ1) is 13.0. The average Bonchev–Trinajstić information content (AvgIpc) is 3.14. The number of hydrogen-bond acceptors (Lipinski definition) is 3. The van der Waals surface area contributed by atoms with Crippen molar-refractivity contribution >= 4 is 17.6 Å². The van der Waals surface area contributed by atoms with E-state index < -0.39 is 17.7 Å². The number of carboxylic acids is 1. The summed E-state index contributed by atoms with van der Waals surface area (Å²) in [5.74, 6) is -1.54. The lowest BCUT2D eigenvalue weighted by Gasteiger charge is -2.10. The Kier molecular flexibility index (Phi) is 5.54. The van der Waals surface area contributed by atoms with Crippen LogP contribution in [0.2, 0.25) is 0 Å². The third kappa shape index (κ3) is 4.16. The molecule has 2 aromatic rings. The van der Waals surface area contributed by atoms with E-state index in [0.29, 0.717) is 37.2 Å². The third-order valence-electron chi connectivity index (χ3n) is 4.45. The first kappa shape index (κ1) is 18.6. The minimum Gasteiger partial charge on any atom is -0.494 e. The summed E-state index contributed by atoms with van der Waals surface area (Å²) >= 11 is 0. The lowest BCUT2D eigenvalue weighted by atomic mass is 10.0. The van der Waals surface area contributed by atoms with Gasteiger partial charge in [0, 0.05) is 11.1 Å². The number of carbonyl (C=O) groups excluding carboxylic acids is 1. The van der Waals surface area contributed by atoms with Gasteiger partial charge in [-0.3, -0.25) is 4.79 Å². The van der Waals surface area contributed by atoms with E-state index in [2.05, 4.69) is 5.32 Å². The summed E-state index contributed by atoms with van der Waals surface area (Å²) < 4.78 is 20.0.